The molecule has 0 spiro atoms. The van der Waals surface area contributed by atoms with Gasteiger partial charge in [-0.2, -0.15) is 0 Å². The fraction of sp³-hybridized carbons (Fsp3) is 0. The number of aromatic amines is 1. The molecule has 0 fully saturated rings. The van der Waals surface area contributed by atoms with E-state index < -0.39 is 0 Å². The van der Waals surface area contributed by atoms with Gasteiger partial charge in [-0.25, -0.2) is 0 Å². The average Bonchev–Trinajstić information content (AvgIpc) is 2.48. The molecule has 0 saturated heterocycles. The first-order valence-corrected chi connectivity index (χ1v) is 5.00. The molecule has 1 aliphatic heterocycles. The van der Waals surface area contributed by atoms with Crippen molar-refractivity contribution in [1.29, 1.82) is 0 Å². The molecular weight excluding hydrogens is 202 g/mol. The lowest BCUT2D eigenvalue weighted by molar-refractivity contribution is 0.537. The van der Waals surface area contributed by atoms with Crippen LogP contribution in [-0.4, -0.2) is 4.98 Å². The predicted molar refractivity (Wildman–Crippen MR) is 61.4 cm³/mol. The van der Waals surface area contributed by atoms with Gasteiger partial charge in [-0.05, 0) is 18.2 Å². The van der Waals surface area contributed by atoms with Crippen LogP contribution in [0.25, 0.3) is 12.3 Å². The van der Waals surface area contributed by atoms with Crippen LogP contribution >= 0.6 is 0 Å². The van der Waals surface area contributed by atoms with Crippen molar-refractivity contribution in [2.24, 2.45) is 0 Å². The number of aromatic nitrogens is 1. The standard InChI is InChI=1S/C13H9NO2/c15-13-6-5-9-7-10-3-1-2-4-12(10)16-8-11(9)14-13/h1-8H,(H,14,15). The Bertz CT molecular complexity index is 713. The molecule has 3 nitrogen and oxygen atoms in total. The summed E-state index contributed by atoms with van der Waals surface area (Å²) < 4.78 is 5.50. The van der Waals surface area contributed by atoms with Gasteiger partial charge in [-0.15, -0.1) is 0 Å². The Kier molecular flexibility index (Phi) is 1.90. The van der Waals surface area contributed by atoms with Gasteiger partial charge in [0.15, 0.2) is 0 Å². The third-order valence-electron chi connectivity index (χ3n) is 2.52. The third-order valence-corrected chi connectivity index (χ3v) is 2.52. The SMILES string of the molecule is O=c1ccc2c([nH]1)=COc1ccccc1C=2. The lowest BCUT2D eigenvalue weighted by Gasteiger charge is -2.01. The van der Waals surface area contributed by atoms with E-state index in [4.69, 9.17) is 4.74 Å². The number of nitrogens with one attached hydrogen (secondary N) is 1. The smallest absolute Gasteiger partial charge is 0.248 e. The van der Waals surface area contributed by atoms with Crippen LogP contribution in [0, 0.1) is 0 Å². The van der Waals surface area contributed by atoms with E-state index in [2.05, 4.69) is 4.98 Å². The molecule has 0 aliphatic carbocycles. The van der Waals surface area contributed by atoms with Gasteiger partial charge in [0.25, 0.3) is 0 Å². The van der Waals surface area contributed by atoms with Crippen molar-refractivity contribution in [3.8, 4) is 5.75 Å². The quantitative estimate of drug-likeness (QED) is 0.682. The summed E-state index contributed by atoms with van der Waals surface area (Å²) in [5.74, 6) is 0.791. The predicted octanol–water partition coefficient (Wildman–Crippen LogP) is 0.334. The van der Waals surface area contributed by atoms with Gasteiger partial charge < -0.3 is 9.72 Å². The van der Waals surface area contributed by atoms with E-state index in [0.29, 0.717) is 5.35 Å². The topological polar surface area (TPSA) is 42.1 Å². The van der Waals surface area contributed by atoms with Crippen molar-refractivity contribution in [3.63, 3.8) is 0 Å². The highest BCUT2D eigenvalue weighted by Crippen LogP contribution is 2.19. The Morgan fingerprint density at radius 1 is 1.06 bits per heavy atom. The normalized spacial score (nSPS) is 12.2. The number of pyridine rings is 1. The van der Waals surface area contributed by atoms with E-state index >= 15 is 0 Å². The molecule has 3 heteroatoms. The zero-order valence-corrected chi connectivity index (χ0v) is 8.44. The molecule has 2 aromatic rings. The molecule has 0 amide bonds. The molecular formula is C13H9NO2. The second kappa shape index (κ2) is 3.38. The van der Waals surface area contributed by atoms with Crippen LogP contribution in [0.5, 0.6) is 5.75 Å². The summed E-state index contributed by atoms with van der Waals surface area (Å²) in [4.78, 5) is 13.9. The molecule has 1 N–H and O–H groups in total. The number of benzene rings is 1. The van der Waals surface area contributed by atoms with E-state index in [9.17, 15) is 4.79 Å². The fourth-order valence-corrected chi connectivity index (χ4v) is 1.72. The van der Waals surface area contributed by atoms with Gasteiger partial charge in [0.2, 0.25) is 5.56 Å². The fourth-order valence-electron chi connectivity index (χ4n) is 1.72. The zero-order valence-electron chi connectivity index (χ0n) is 8.44. The van der Waals surface area contributed by atoms with Crippen LogP contribution in [0.2, 0.25) is 0 Å². The van der Waals surface area contributed by atoms with Gasteiger partial charge in [0.05, 0.1) is 5.35 Å². The highest BCUT2D eigenvalue weighted by molar-refractivity contribution is 5.59. The molecule has 78 valence electrons. The lowest BCUT2D eigenvalue weighted by atomic mass is 10.1. The van der Waals surface area contributed by atoms with Gasteiger partial charge in [0, 0.05) is 16.8 Å². The maximum absolute atomic E-state index is 11.2. The molecule has 16 heavy (non-hydrogen) atoms. The van der Waals surface area contributed by atoms with Crippen LogP contribution in [0.1, 0.15) is 5.56 Å². The summed E-state index contributed by atoms with van der Waals surface area (Å²) >= 11 is 0. The van der Waals surface area contributed by atoms with Crippen molar-refractivity contribution < 1.29 is 4.74 Å². The highest BCUT2D eigenvalue weighted by Gasteiger charge is 2.02. The lowest BCUT2D eigenvalue weighted by Crippen LogP contribution is -2.33. The monoisotopic (exact) mass is 211 g/mol. The number of H-pyrrole nitrogens is 1. The summed E-state index contributed by atoms with van der Waals surface area (Å²) in [6, 6.07) is 11.0. The Morgan fingerprint density at radius 2 is 1.94 bits per heavy atom. The molecule has 1 aliphatic rings. The Morgan fingerprint density at radius 3 is 2.88 bits per heavy atom. The molecule has 0 radical (unpaired) electrons. The van der Waals surface area contributed by atoms with Crippen molar-refractivity contribution >= 4 is 12.3 Å². The molecule has 1 aromatic carbocycles. The minimum Gasteiger partial charge on any atom is -0.462 e. The number of hydrogen-bond acceptors (Lipinski definition) is 2. The Balaban J connectivity index is 2.37. The molecule has 0 bridgehead atoms. The van der Waals surface area contributed by atoms with Crippen LogP contribution in [0.4, 0.5) is 0 Å². The maximum atomic E-state index is 11.2. The minimum atomic E-state index is -0.127. The molecule has 1 aromatic heterocycles. The Hall–Kier alpha value is -2.29. The highest BCUT2D eigenvalue weighted by atomic mass is 16.5. The number of fused-ring (bicyclic) bond motifs is 2. The summed E-state index contributed by atoms with van der Waals surface area (Å²) in [6.07, 6.45) is 3.56. The number of para-hydroxylation sites is 1. The zero-order chi connectivity index (χ0) is 11.0. The molecule has 0 unspecified atom stereocenters. The summed E-state index contributed by atoms with van der Waals surface area (Å²) in [7, 11) is 0. The van der Waals surface area contributed by atoms with Crippen LogP contribution < -0.4 is 20.9 Å². The third kappa shape index (κ3) is 1.42. The van der Waals surface area contributed by atoms with Crippen LogP contribution in [0.3, 0.4) is 0 Å². The first kappa shape index (κ1) is 8.97. The first-order valence-electron chi connectivity index (χ1n) is 5.00. The first-order chi connectivity index (χ1) is 7.83. The van der Waals surface area contributed by atoms with Crippen molar-refractivity contribution in [3.05, 3.63) is 62.9 Å². The van der Waals surface area contributed by atoms with Gasteiger partial charge in [-0.1, -0.05) is 18.2 Å². The Labute approximate surface area is 91.3 Å². The van der Waals surface area contributed by atoms with Crippen LogP contribution in [0.15, 0.2) is 41.2 Å². The number of hydrogen-bond donors (Lipinski definition) is 1. The number of rotatable bonds is 0. The van der Waals surface area contributed by atoms with E-state index in [1.54, 1.807) is 12.3 Å². The van der Waals surface area contributed by atoms with E-state index in [-0.39, 0.29) is 5.56 Å². The van der Waals surface area contributed by atoms with Crippen molar-refractivity contribution in [2.75, 3.05) is 0 Å². The van der Waals surface area contributed by atoms with Gasteiger partial charge in [0.1, 0.15) is 12.0 Å². The second-order valence-electron chi connectivity index (χ2n) is 3.61. The number of ether oxygens (including phenoxy) is 1. The maximum Gasteiger partial charge on any atom is 0.248 e. The van der Waals surface area contributed by atoms with Crippen molar-refractivity contribution in [1.82, 2.24) is 4.98 Å². The van der Waals surface area contributed by atoms with Crippen molar-refractivity contribution in [2.45, 2.75) is 0 Å². The van der Waals surface area contributed by atoms with Crippen LogP contribution in [-0.2, 0) is 0 Å². The van der Waals surface area contributed by atoms with E-state index in [1.807, 2.05) is 30.3 Å². The van der Waals surface area contributed by atoms with Gasteiger partial charge >= 0.3 is 0 Å². The minimum absolute atomic E-state index is 0.127. The summed E-state index contributed by atoms with van der Waals surface area (Å²) in [6.45, 7) is 0. The molecule has 2 heterocycles. The molecule has 0 saturated carbocycles. The van der Waals surface area contributed by atoms with Gasteiger partial charge in [-0.3, -0.25) is 4.79 Å². The van der Waals surface area contributed by atoms with E-state index in [1.165, 1.54) is 6.07 Å². The summed E-state index contributed by atoms with van der Waals surface area (Å²) in [5, 5.41) is 1.65. The van der Waals surface area contributed by atoms with E-state index in [0.717, 1.165) is 16.5 Å². The molecule has 3 rings (SSSR count). The molecule has 0 atom stereocenters. The second-order valence-corrected chi connectivity index (χ2v) is 3.61. The largest absolute Gasteiger partial charge is 0.462 e. The summed E-state index contributed by atoms with van der Waals surface area (Å²) in [5.41, 5.74) is 0.877. The average molecular weight is 211 g/mol.